The number of carbonyl (C=O) groups is 2. The number of nitrogens with one attached hydrogen (secondary N) is 1. The van der Waals surface area contributed by atoms with Crippen LogP contribution < -0.4 is 19.9 Å². The largest absolute Gasteiger partial charge is 0.573 e. The van der Waals surface area contributed by atoms with Crippen molar-refractivity contribution in [1.29, 1.82) is 0 Å². The molecule has 234 valence electrons. The lowest BCUT2D eigenvalue weighted by Crippen LogP contribution is -2.31. The van der Waals surface area contributed by atoms with Crippen molar-refractivity contribution in [1.82, 2.24) is 14.8 Å². The van der Waals surface area contributed by atoms with E-state index in [1.807, 2.05) is 51.0 Å². The van der Waals surface area contributed by atoms with Gasteiger partial charge in [-0.15, -0.1) is 18.3 Å². The third-order valence-electron chi connectivity index (χ3n) is 6.65. The Kier molecular flexibility index (Phi) is 8.82. The van der Waals surface area contributed by atoms with Crippen molar-refractivity contribution >= 4 is 45.9 Å². The Morgan fingerprint density at radius 3 is 2.47 bits per heavy atom. The zero-order chi connectivity index (χ0) is 32.5. The molecule has 0 aliphatic carbocycles. The molecule has 3 amide bonds. The molecule has 1 aliphatic rings. The molecule has 2 heterocycles. The highest BCUT2D eigenvalue weighted by atomic mass is 32.2. The number of urea groups is 1. The number of hydrogen-bond acceptors (Lipinski definition) is 7. The van der Waals surface area contributed by atoms with Crippen LogP contribution in [0.2, 0.25) is 0 Å². The average molecular weight is 642 g/mol. The summed E-state index contributed by atoms with van der Waals surface area (Å²) in [4.78, 5) is 37.3. The lowest BCUT2D eigenvalue weighted by atomic mass is 9.99. The van der Waals surface area contributed by atoms with Crippen LogP contribution in [0.15, 0.2) is 72.0 Å². The predicted molar refractivity (Wildman–Crippen MR) is 165 cm³/mol. The van der Waals surface area contributed by atoms with Gasteiger partial charge in [-0.3, -0.25) is 9.69 Å². The summed E-state index contributed by atoms with van der Waals surface area (Å²) in [6.45, 7) is 4.02. The van der Waals surface area contributed by atoms with E-state index >= 15 is 4.39 Å². The molecule has 1 aliphatic heterocycles. The average Bonchev–Trinajstić information content (AvgIpc) is 3.60. The Labute approximate surface area is 259 Å². The first-order chi connectivity index (χ1) is 21.3. The fourth-order valence-electron chi connectivity index (χ4n) is 4.47. The minimum atomic E-state index is -4.81. The molecule has 1 aromatic heterocycles. The smallest absolute Gasteiger partial charge is 0.406 e. The van der Waals surface area contributed by atoms with Crippen LogP contribution in [0.5, 0.6) is 5.75 Å². The van der Waals surface area contributed by atoms with E-state index in [1.54, 1.807) is 0 Å². The maximum atomic E-state index is 15.1. The molecule has 10 nitrogen and oxygen atoms in total. The minimum absolute atomic E-state index is 0.0836. The second-order valence-electron chi connectivity index (χ2n) is 10.4. The van der Waals surface area contributed by atoms with E-state index in [2.05, 4.69) is 25.1 Å². The lowest BCUT2D eigenvalue weighted by molar-refractivity contribution is -0.274. The monoisotopic (exact) mass is 641 g/mol. The number of hydrogen-bond donors (Lipinski definition) is 1. The number of ether oxygens (including phenoxy) is 1. The molecule has 0 spiro atoms. The molecular formula is C30H27F4N7O3S. The first-order valence-electron chi connectivity index (χ1n) is 13.5. The number of nitrogens with zero attached hydrogens (tertiary/aromatic N) is 6. The number of halogens is 4. The van der Waals surface area contributed by atoms with Gasteiger partial charge in [-0.1, -0.05) is 25.6 Å². The van der Waals surface area contributed by atoms with E-state index in [0.29, 0.717) is 11.4 Å². The van der Waals surface area contributed by atoms with Gasteiger partial charge in [-0.25, -0.2) is 18.9 Å². The number of alkyl halides is 3. The van der Waals surface area contributed by atoms with Crippen LogP contribution in [0, 0.1) is 5.82 Å². The maximum absolute atomic E-state index is 15.1. The van der Waals surface area contributed by atoms with E-state index in [4.69, 9.17) is 0 Å². The van der Waals surface area contributed by atoms with Gasteiger partial charge < -0.3 is 15.0 Å². The summed E-state index contributed by atoms with van der Waals surface area (Å²) in [5.41, 5.74) is 3.05. The molecule has 5 rings (SSSR count). The summed E-state index contributed by atoms with van der Waals surface area (Å²) >= 11 is 1.12. The number of amidine groups is 1. The molecule has 0 unspecified atom stereocenters. The van der Waals surface area contributed by atoms with Gasteiger partial charge in [0.2, 0.25) is 5.91 Å². The molecular weight excluding hydrogens is 614 g/mol. The van der Waals surface area contributed by atoms with Crippen molar-refractivity contribution in [2.45, 2.75) is 26.1 Å². The first-order valence-corrected chi connectivity index (χ1v) is 14.5. The normalized spacial score (nSPS) is 14.4. The molecule has 45 heavy (non-hydrogen) atoms. The number of benzene rings is 3. The third-order valence-corrected chi connectivity index (χ3v) is 7.57. The van der Waals surface area contributed by atoms with Gasteiger partial charge in [0, 0.05) is 25.3 Å². The van der Waals surface area contributed by atoms with Crippen LogP contribution in [0.25, 0.3) is 17.1 Å². The molecule has 0 radical (unpaired) electrons. The molecule has 0 atom stereocenters. The van der Waals surface area contributed by atoms with Gasteiger partial charge in [-0.2, -0.15) is 4.99 Å². The molecule has 0 bridgehead atoms. The quantitative estimate of drug-likeness (QED) is 0.221. The number of rotatable bonds is 7. The Morgan fingerprint density at radius 1 is 1.09 bits per heavy atom. The Balaban J connectivity index is 1.31. The van der Waals surface area contributed by atoms with Gasteiger partial charge in [0.1, 0.15) is 17.9 Å². The van der Waals surface area contributed by atoms with Crippen LogP contribution >= 0.6 is 11.8 Å². The number of anilines is 3. The number of carbonyl (C=O) groups excluding carboxylic acids is 2. The zero-order valence-corrected chi connectivity index (χ0v) is 25.3. The first kappa shape index (κ1) is 31.5. The van der Waals surface area contributed by atoms with Crippen LogP contribution in [0.1, 0.15) is 25.3 Å². The Morgan fingerprint density at radius 2 is 1.82 bits per heavy atom. The Bertz CT molecular complexity index is 1770. The van der Waals surface area contributed by atoms with Gasteiger partial charge in [0.25, 0.3) is 0 Å². The topological polar surface area (TPSA) is 105 Å². The number of aliphatic imine (C=N–C) groups is 1. The highest BCUT2D eigenvalue weighted by molar-refractivity contribution is 8.15. The summed E-state index contributed by atoms with van der Waals surface area (Å²) in [6.07, 6.45) is -3.49. The predicted octanol–water partition coefficient (Wildman–Crippen LogP) is 6.83. The highest BCUT2D eigenvalue weighted by Gasteiger charge is 2.33. The zero-order valence-electron chi connectivity index (χ0n) is 24.5. The molecule has 15 heteroatoms. The molecule has 1 saturated heterocycles. The van der Waals surface area contributed by atoms with Gasteiger partial charge in [0.05, 0.1) is 22.8 Å². The van der Waals surface area contributed by atoms with Gasteiger partial charge >= 0.3 is 12.4 Å². The van der Waals surface area contributed by atoms with E-state index in [1.165, 1.54) is 40.2 Å². The molecule has 3 aromatic carbocycles. The van der Waals surface area contributed by atoms with Crippen LogP contribution in [0.4, 0.5) is 39.4 Å². The summed E-state index contributed by atoms with van der Waals surface area (Å²) in [5.74, 6) is -1.06. The van der Waals surface area contributed by atoms with E-state index in [9.17, 15) is 22.8 Å². The van der Waals surface area contributed by atoms with Crippen LogP contribution in [-0.4, -0.2) is 58.1 Å². The number of amides is 3. The Hall–Kier alpha value is -4.92. The molecule has 1 fully saturated rings. The number of aromatic nitrogens is 3. The summed E-state index contributed by atoms with van der Waals surface area (Å²) in [5, 5.41) is 6.86. The molecule has 1 N–H and O–H groups in total. The van der Waals surface area contributed by atoms with Crippen molar-refractivity contribution in [2.24, 2.45) is 4.99 Å². The fraction of sp³-hybridized carbons (Fsp3) is 0.233. The van der Waals surface area contributed by atoms with Gasteiger partial charge in [0.15, 0.2) is 11.0 Å². The second-order valence-corrected chi connectivity index (χ2v) is 11.3. The summed E-state index contributed by atoms with van der Waals surface area (Å²) < 4.78 is 57.5. The van der Waals surface area contributed by atoms with Crippen LogP contribution in [-0.2, 0) is 4.79 Å². The highest BCUT2D eigenvalue weighted by Crippen LogP contribution is 2.36. The van der Waals surface area contributed by atoms with E-state index in [0.717, 1.165) is 41.2 Å². The summed E-state index contributed by atoms with van der Waals surface area (Å²) in [6, 6.07) is 13.8. The van der Waals surface area contributed by atoms with Crippen molar-refractivity contribution in [2.75, 3.05) is 35.0 Å². The van der Waals surface area contributed by atoms with E-state index < -0.39 is 18.2 Å². The molecule has 4 aromatic rings. The maximum Gasteiger partial charge on any atom is 0.573 e. The second kappa shape index (κ2) is 12.6. The van der Waals surface area contributed by atoms with E-state index in [-0.39, 0.29) is 45.6 Å². The lowest BCUT2D eigenvalue weighted by Gasteiger charge is -2.24. The molecule has 0 saturated carbocycles. The van der Waals surface area contributed by atoms with Gasteiger partial charge in [-0.05, 0) is 72.1 Å². The van der Waals surface area contributed by atoms with Crippen LogP contribution in [0.3, 0.4) is 0 Å². The standard InChI is InChI=1S/C30H27F4N7O3S/c1-17(2)22-14-20(39(3)4)8-12-25(22)41-26(42)15-45-29(41)37-28(43)36-24-11-5-18(13-23(24)31)27-35-16-40(38-27)19-6-9-21(10-7-19)44-30(32,33)34/h5-14,16-17H,15H2,1-4H3,(H,36,43). The minimum Gasteiger partial charge on any atom is -0.406 e. The number of thioether (sulfide) groups is 1. The fourth-order valence-corrected chi connectivity index (χ4v) is 5.33. The van der Waals surface area contributed by atoms with Crippen molar-refractivity contribution < 1.29 is 31.9 Å². The summed E-state index contributed by atoms with van der Waals surface area (Å²) in [7, 11) is 3.84. The van der Waals surface area contributed by atoms with Crippen molar-refractivity contribution in [3.05, 3.63) is 78.4 Å². The third kappa shape index (κ3) is 7.25. The van der Waals surface area contributed by atoms with Crippen molar-refractivity contribution in [3.63, 3.8) is 0 Å². The SMILES string of the molecule is CC(C)c1cc(N(C)C)ccc1N1C(=O)CSC1=NC(=O)Nc1ccc(-c2ncn(-c3ccc(OC(F)(F)F)cc3)n2)cc1F. The van der Waals surface area contributed by atoms with Crippen molar-refractivity contribution in [3.8, 4) is 22.8 Å².